The zero-order valence-electron chi connectivity index (χ0n) is 34.2. The zero-order valence-corrected chi connectivity index (χ0v) is 34.2. The van der Waals surface area contributed by atoms with E-state index in [0.29, 0.717) is 0 Å². The van der Waals surface area contributed by atoms with Crippen molar-refractivity contribution in [3.05, 3.63) is 225 Å². The minimum atomic E-state index is -0.0508. The molecule has 0 atom stereocenters. The lowest BCUT2D eigenvalue weighted by molar-refractivity contribution is 1.22. The van der Waals surface area contributed by atoms with Crippen LogP contribution in [0, 0.1) is 0 Å². The van der Waals surface area contributed by atoms with Crippen molar-refractivity contribution in [3.63, 3.8) is 0 Å². The molecule has 0 amide bonds. The van der Waals surface area contributed by atoms with Gasteiger partial charge in [-0.05, 0) is 115 Å². The number of rotatable bonds is 5. The Morgan fingerprint density at radius 2 is 0.762 bits per heavy atom. The summed E-state index contributed by atoms with van der Waals surface area (Å²) in [6.07, 6.45) is 1.70. The van der Waals surface area contributed by atoms with E-state index in [0.717, 1.165) is 44.9 Å². The molecular formula is C58H37BN4. The molecule has 0 aliphatic carbocycles. The van der Waals surface area contributed by atoms with Crippen molar-refractivity contribution in [1.82, 2.24) is 9.97 Å². The average molecular weight is 801 g/mol. The summed E-state index contributed by atoms with van der Waals surface area (Å²) in [5.74, 6) is 0. The maximum atomic E-state index is 5.05. The lowest BCUT2D eigenvalue weighted by atomic mass is 9.33. The molecule has 0 fully saturated rings. The molecule has 0 radical (unpaired) electrons. The van der Waals surface area contributed by atoms with Crippen LogP contribution >= 0.6 is 0 Å². The SMILES string of the molecule is c1ccc(-c2ccc(N3c4cc5ccccc5cc4B4c5cc6ccccc6cc5N(c5ccc(-c6ccccc6)cc5)c5cc(-c6ncnc7ccccc67)cc3c54)cc2)cc1. The fraction of sp³-hybridized carbons (Fsp3) is 0. The number of anilines is 6. The predicted octanol–water partition coefficient (Wildman–Crippen LogP) is 13.0. The van der Waals surface area contributed by atoms with Gasteiger partial charge in [0.25, 0.3) is 6.71 Å². The van der Waals surface area contributed by atoms with E-state index in [-0.39, 0.29) is 6.71 Å². The Kier molecular flexibility index (Phi) is 7.97. The Morgan fingerprint density at radius 1 is 0.333 bits per heavy atom. The predicted molar refractivity (Wildman–Crippen MR) is 265 cm³/mol. The lowest BCUT2D eigenvalue weighted by Crippen LogP contribution is -2.61. The highest BCUT2D eigenvalue weighted by Gasteiger charge is 2.44. The summed E-state index contributed by atoms with van der Waals surface area (Å²) < 4.78 is 0. The molecule has 4 nitrogen and oxygen atoms in total. The van der Waals surface area contributed by atoms with Crippen molar-refractivity contribution in [3.8, 4) is 33.5 Å². The van der Waals surface area contributed by atoms with E-state index in [1.807, 2.05) is 6.07 Å². The molecular weight excluding hydrogens is 763 g/mol. The summed E-state index contributed by atoms with van der Waals surface area (Å²) in [7, 11) is 0. The van der Waals surface area contributed by atoms with Gasteiger partial charge in [0, 0.05) is 45.1 Å². The standard InChI is InChI=1S/C58H37BN4/c1-3-13-38(14-4-1)40-23-27-47(28-24-40)62-53-33-44-19-9-7-17-42(44)31-50(53)59-51-32-43-18-8-10-20-45(43)34-54(51)63(48-29-25-41(26-30-48)39-15-5-2-6-16-39)56-36-46(35-55(62)57(56)59)58-49-21-11-12-22-52(49)60-37-61-58/h1-37H. The van der Waals surface area contributed by atoms with E-state index < -0.39 is 0 Å². The second kappa shape index (κ2) is 14.2. The maximum absolute atomic E-state index is 5.05. The number of hydrogen-bond acceptors (Lipinski definition) is 4. The van der Waals surface area contributed by atoms with Crippen LogP contribution in [0.2, 0.25) is 0 Å². The Balaban J connectivity index is 1.14. The first-order valence-corrected chi connectivity index (χ1v) is 21.6. The normalized spacial score (nSPS) is 12.7. The number of fused-ring (bicyclic) bond motifs is 7. The van der Waals surface area contributed by atoms with Crippen molar-refractivity contribution in [1.29, 1.82) is 0 Å². The van der Waals surface area contributed by atoms with Gasteiger partial charge in [0.15, 0.2) is 0 Å². The van der Waals surface area contributed by atoms with Gasteiger partial charge in [-0.25, -0.2) is 9.97 Å². The Hall–Kier alpha value is -8.28. The topological polar surface area (TPSA) is 32.3 Å². The van der Waals surface area contributed by atoms with Crippen LogP contribution in [-0.2, 0) is 0 Å². The fourth-order valence-electron chi connectivity index (χ4n) is 10.2. The van der Waals surface area contributed by atoms with Crippen LogP contribution < -0.4 is 26.2 Å². The quantitative estimate of drug-likeness (QED) is 0.162. The third-order valence-electron chi connectivity index (χ3n) is 13.1. The van der Waals surface area contributed by atoms with Crippen LogP contribution in [0.3, 0.4) is 0 Å². The van der Waals surface area contributed by atoms with Crippen LogP contribution in [0.4, 0.5) is 34.1 Å². The van der Waals surface area contributed by atoms with Gasteiger partial charge >= 0.3 is 0 Å². The van der Waals surface area contributed by atoms with Crippen molar-refractivity contribution in [2.75, 3.05) is 9.80 Å². The van der Waals surface area contributed by atoms with Gasteiger partial charge in [0.2, 0.25) is 0 Å². The molecule has 1 aromatic heterocycles. The molecule has 2 aliphatic heterocycles. The van der Waals surface area contributed by atoms with Gasteiger partial charge in [-0.3, -0.25) is 0 Å². The number of benzene rings is 10. The summed E-state index contributed by atoms with van der Waals surface area (Å²) in [5.41, 5.74) is 18.3. The Morgan fingerprint density at radius 3 is 1.27 bits per heavy atom. The van der Waals surface area contributed by atoms with Gasteiger partial charge in [-0.15, -0.1) is 0 Å². The summed E-state index contributed by atoms with van der Waals surface area (Å²) in [4.78, 5) is 14.7. The van der Waals surface area contributed by atoms with Gasteiger partial charge in [-0.2, -0.15) is 0 Å². The zero-order chi connectivity index (χ0) is 41.4. The molecule has 11 aromatic rings. The molecule has 0 spiro atoms. The molecule has 10 aromatic carbocycles. The third-order valence-corrected chi connectivity index (χ3v) is 13.1. The summed E-state index contributed by atoms with van der Waals surface area (Å²) in [5, 5.41) is 5.89. The lowest BCUT2D eigenvalue weighted by Gasteiger charge is -2.44. The van der Waals surface area contributed by atoms with Crippen molar-refractivity contribution < 1.29 is 0 Å². The number of para-hydroxylation sites is 1. The van der Waals surface area contributed by atoms with Crippen molar-refractivity contribution >= 4 is 89.7 Å². The van der Waals surface area contributed by atoms with Crippen LogP contribution in [0.5, 0.6) is 0 Å². The van der Waals surface area contributed by atoms with E-state index in [4.69, 9.17) is 9.97 Å². The second-order valence-electron chi connectivity index (χ2n) is 16.6. The van der Waals surface area contributed by atoms with E-state index in [2.05, 4.69) is 222 Å². The highest BCUT2D eigenvalue weighted by molar-refractivity contribution is 7.00. The number of aromatic nitrogens is 2. The van der Waals surface area contributed by atoms with Crippen LogP contribution in [0.15, 0.2) is 225 Å². The fourth-order valence-corrected chi connectivity index (χ4v) is 10.2. The largest absolute Gasteiger partial charge is 0.311 e. The number of nitrogens with zero attached hydrogens (tertiary/aromatic N) is 4. The van der Waals surface area contributed by atoms with Crippen LogP contribution in [-0.4, -0.2) is 16.7 Å². The third kappa shape index (κ3) is 5.71. The van der Waals surface area contributed by atoms with E-state index in [1.165, 1.54) is 71.6 Å². The molecule has 0 bridgehead atoms. The van der Waals surface area contributed by atoms with Gasteiger partial charge in [-0.1, -0.05) is 164 Å². The second-order valence-corrected chi connectivity index (χ2v) is 16.6. The molecule has 5 heteroatoms. The van der Waals surface area contributed by atoms with Gasteiger partial charge in [0.1, 0.15) is 6.33 Å². The van der Waals surface area contributed by atoms with E-state index >= 15 is 0 Å². The van der Waals surface area contributed by atoms with Crippen molar-refractivity contribution in [2.24, 2.45) is 0 Å². The summed E-state index contributed by atoms with van der Waals surface area (Å²) in [6.45, 7) is -0.0508. The smallest absolute Gasteiger partial charge is 0.252 e. The van der Waals surface area contributed by atoms with Gasteiger partial charge in [0.05, 0.1) is 11.2 Å². The summed E-state index contributed by atoms with van der Waals surface area (Å²) in [6, 6.07) is 79.8. The molecule has 13 rings (SSSR count). The molecule has 2 aliphatic rings. The van der Waals surface area contributed by atoms with E-state index in [1.54, 1.807) is 6.33 Å². The van der Waals surface area contributed by atoms with Crippen LogP contribution in [0.1, 0.15) is 0 Å². The van der Waals surface area contributed by atoms with Crippen LogP contribution in [0.25, 0.3) is 66.0 Å². The molecule has 63 heavy (non-hydrogen) atoms. The van der Waals surface area contributed by atoms with E-state index in [9.17, 15) is 0 Å². The highest BCUT2D eigenvalue weighted by Crippen LogP contribution is 2.48. The first-order valence-electron chi connectivity index (χ1n) is 21.6. The Labute approximate surface area is 366 Å². The Bertz CT molecular complexity index is 3370. The van der Waals surface area contributed by atoms with Crippen molar-refractivity contribution in [2.45, 2.75) is 0 Å². The first kappa shape index (κ1) is 35.5. The monoisotopic (exact) mass is 800 g/mol. The number of hydrogen-bond donors (Lipinski definition) is 0. The first-order chi connectivity index (χ1) is 31.2. The maximum Gasteiger partial charge on any atom is 0.252 e. The minimum absolute atomic E-state index is 0.0508. The highest BCUT2D eigenvalue weighted by atomic mass is 15.2. The average Bonchev–Trinajstić information content (AvgIpc) is 3.35. The molecule has 3 heterocycles. The molecule has 0 N–H and O–H groups in total. The summed E-state index contributed by atoms with van der Waals surface area (Å²) >= 11 is 0. The van der Waals surface area contributed by atoms with Gasteiger partial charge < -0.3 is 9.80 Å². The minimum Gasteiger partial charge on any atom is -0.311 e. The molecule has 0 saturated heterocycles. The molecule has 0 saturated carbocycles. The molecule has 0 unspecified atom stereocenters. The molecule has 292 valence electrons.